The van der Waals surface area contributed by atoms with Crippen LogP contribution in [0.5, 0.6) is 11.6 Å². The molecule has 3 aromatic rings. The van der Waals surface area contributed by atoms with Crippen molar-refractivity contribution in [1.29, 1.82) is 5.26 Å². The van der Waals surface area contributed by atoms with E-state index in [0.29, 0.717) is 17.3 Å². The van der Waals surface area contributed by atoms with Crippen molar-refractivity contribution in [2.24, 2.45) is 0 Å². The van der Waals surface area contributed by atoms with Gasteiger partial charge in [0, 0.05) is 23.0 Å². The van der Waals surface area contributed by atoms with Gasteiger partial charge >= 0.3 is 0 Å². The lowest BCUT2D eigenvalue weighted by Gasteiger charge is -2.13. The fraction of sp³-hybridized carbons (Fsp3) is 0.143. The summed E-state index contributed by atoms with van der Waals surface area (Å²) in [5, 5.41) is 9.35. The van der Waals surface area contributed by atoms with E-state index < -0.39 is 0 Å². The van der Waals surface area contributed by atoms with E-state index in [1.165, 1.54) is 6.33 Å². The molecule has 0 saturated carbocycles. The molecule has 0 radical (unpaired) electrons. The number of aromatic nitrogens is 3. The van der Waals surface area contributed by atoms with Crippen molar-refractivity contribution in [2.45, 2.75) is 20.3 Å². The van der Waals surface area contributed by atoms with Crippen molar-refractivity contribution in [1.82, 2.24) is 15.0 Å². The minimum absolute atomic E-state index is 0.378. The highest BCUT2D eigenvalue weighted by Crippen LogP contribution is 2.34. The second-order valence-electron chi connectivity index (χ2n) is 6.16. The van der Waals surface area contributed by atoms with Crippen molar-refractivity contribution < 1.29 is 4.74 Å². The van der Waals surface area contributed by atoms with Crippen LogP contribution < -0.4 is 4.74 Å². The third-order valence-corrected chi connectivity index (χ3v) is 4.50. The maximum atomic E-state index is 9.35. The van der Waals surface area contributed by atoms with E-state index in [1.54, 1.807) is 6.20 Å². The minimum Gasteiger partial charge on any atom is -0.439 e. The number of rotatable bonds is 3. The molecule has 0 amide bonds. The van der Waals surface area contributed by atoms with Gasteiger partial charge in [0.1, 0.15) is 18.1 Å². The summed E-state index contributed by atoms with van der Waals surface area (Å²) in [6.07, 6.45) is 8.20. The predicted molar refractivity (Wildman–Crippen MR) is 98.7 cm³/mol. The van der Waals surface area contributed by atoms with Gasteiger partial charge in [0.25, 0.3) is 0 Å². The molecular formula is C21H16N4O. The predicted octanol–water partition coefficient (Wildman–Crippen LogP) is 4.39. The van der Waals surface area contributed by atoms with E-state index in [9.17, 15) is 5.26 Å². The molecule has 1 aliphatic rings. The maximum Gasteiger partial charge on any atom is 0.223 e. The molecule has 5 heteroatoms. The Bertz CT molecular complexity index is 1080. The number of hydrogen-bond acceptors (Lipinski definition) is 5. The average molecular weight is 340 g/mol. The largest absolute Gasteiger partial charge is 0.439 e. The monoisotopic (exact) mass is 340 g/mol. The Balaban J connectivity index is 1.70. The molecule has 26 heavy (non-hydrogen) atoms. The van der Waals surface area contributed by atoms with E-state index in [0.717, 1.165) is 39.9 Å². The summed E-state index contributed by atoms with van der Waals surface area (Å²) in [6, 6.07) is 9.92. The summed E-state index contributed by atoms with van der Waals surface area (Å²) in [6.45, 7) is 3.87. The second-order valence-corrected chi connectivity index (χ2v) is 6.16. The summed E-state index contributed by atoms with van der Waals surface area (Å²) < 4.78 is 6.03. The number of ether oxygens (including phenoxy) is 1. The Morgan fingerprint density at radius 1 is 1.12 bits per heavy atom. The molecule has 0 N–H and O–H groups in total. The molecule has 1 aromatic carbocycles. The Labute approximate surface area is 151 Å². The molecule has 0 aliphatic heterocycles. The van der Waals surface area contributed by atoms with E-state index >= 15 is 0 Å². The van der Waals surface area contributed by atoms with Crippen molar-refractivity contribution in [2.75, 3.05) is 0 Å². The highest BCUT2D eigenvalue weighted by Gasteiger charge is 2.16. The van der Waals surface area contributed by atoms with Crippen LogP contribution in [0.3, 0.4) is 0 Å². The highest BCUT2D eigenvalue weighted by molar-refractivity contribution is 5.74. The fourth-order valence-electron chi connectivity index (χ4n) is 3.21. The molecule has 2 aromatic heterocycles. The Morgan fingerprint density at radius 3 is 2.81 bits per heavy atom. The fourth-order valence-corrected chi connectivity index (χ4v) is 3.21. The topological polar surface area (TPSA) is 71.7 Å². The van der Waals surface area contributed by atoms with Gasteiger partial charge in [-0.05, 0) is 55.2 Å². The van der Waals surface area contributed by atoms with E-state index in [-0.39, 0.29) is 0 Å². The number of benzene rings is 1. The van der Waals surface area contributed by atoms with Crippen molar-refractivity contribution in [3.05, 3.63) is 70.9 Å². The lowest BCUT2D eigenvalue weighted by Crippen LogP contribution is -1.98. The Kier molecular flexibility index (Phi) is 3.94. The number of nitrogens with zero attached hydrogens (tertiary/aromatic N) is 4. The van der Waals surface area contributed by atoms with Gasteiger partial charge in [-0.2, -0.15) is 5.26 Å². The molecular weight excluding hydrogens is 324 g/mol. The van der Waals surface area contributed by atoms with Crippen molar-refractivity contribution in [3.63, 3.8) is 0 Å². The first kappa shape index (κ1) is 16.0. The molecule has 4 rings (SSSR count). The molecule has 126 valence electrons. The van der Waals surface area contributed by atoms with Crippen LogP contribution in [-0.2, 0) is 6.42 Å². The molecule has 5 nitrogen and oxygen atoms in total. The lowest BCUT2D eigenvalue weighted by molar-refractivity contribution is 0.457. The number of pyridine rings is 1. The number of allylic oxidation sites excluding steroid dienone is 1. The second kappa shape index (κ2) is 6.41. The van der Waals surface area contributed by atoms with Gasteiger partial charge in [-0.1, -0.05) is 18.2 Å². The Morgan fingerprint density at radius 2 is 2.00 bits per heavy atom. The van der Waals surface area contributed by atoms with Crippen LogP contribution in [0.2, 0.25) is 0 Å². The molecule has 0 spiro atoms. The summed E-state index contributed by atoms with van der Waals surface area (Å²) in [4.78, 5) is 12.7. The van der Waals surface area contributed by atoms with E-state index in [2.05, 4.69) is 33.2 Å². The molecule has 0 saturated heterocycles. The number of aryl methyl sites for hydroxylation is 2. The van der Waals surface area contributed by atoms with Gasteiger partial charge in [0.2, 0.25) is 5.88 Å². The highest BCUT2D eigenvalue weighted by atomic mass is 16.5. The quantitative estimate of drug-likeness (QED) is 0.707. The van der Waals surface area contributed by atoms with Crippen molar-refractivity contribution in [3.8, 4) is 28.8 Å². The summed E-state index contributed by atoms with van der Waals surface area (Å²) in [5.74, 6) is 1.35. The maximum absolute atomic E-state index is 9.35. The first-order valence-corrected chi connectivity index (χ1v) is 8.32. The van der Waals surface area contributed by atoms with Gasteiger partial charge in [-0.15, -0.1) is 0 Å². The van der Waals surface area contributed by atoms with Crippen LogP contribution >= 0.6 is 0 Å². The average Bonchev–Trinajstić information content (AvgIpc) is 3.12. The minimum atomic E-state index is 0.378. The van der Waals surface area contributed by atoms with Gasteiger partial charge < -0.3 is 4.74 Å². The zero-order valence-electron chi connectivity index (χ0n) is 14.5. The van der Waals surface area contributed by atoms with Gasteiger partial charge in [-0.25, -0.2) is 15.0 Å². The molecule has 0 bridgehead atoms. The molecule has 1 aliphatic carbocycles. The van der Waals surface area contributed by atoms with Crippen LogP contribution in [0, 0.1) is 25.2 Å². The van der Waals surface area contributed by atoms with Crippen LogP contribution in [0.15, 0.2) is 42.9 Å². The molecule has 2 heterocycles. The van der Waals surface area contributed by atoms with Gasteiger partial charge in [0.05, 0.1) is 0 Å². The van der Waals surface area contributed by atoms with Crippen molar-refractivity contribution >= 4 is 6.08 Å². The van der Waals surface area contributed by atoms with Gasteiger partial charge in [-0.3, -0.25) is 0 Å². The SMILES string of the molecule is Cc1cc(Oc2nccc3c2CC=C3)ccc1-c1c(C)ncnc1C#N. The first-order valence-electron chi connectivity index (χ1n) is 8.32. The van der Waals surface area contributed by atoms with Gasteiger partial charge in [0.15, 0.2) is 5.69 Å². The smallest absolute Gasteiger partial charge is 0.223 e. The summed E-state index contributed by atoms with van der Waals surface area (Å²) >= 11 is 0. The van der Waals surface area contributed by atoms with E-state index in [4.69, 9.17) is 4.74 Å². The Hall–Kier alpha value is -3.52. The van der Waals surface area contributed by atoms with E-state index in [1.807, 2.05) is 38.1 Å². The lowest BCUT2D eigenvalue weighted by atomic mass is 9.98. The number of nitriles is 1. The standard InChI is InChI=1S/C21H16N4O/c1-13-10-16(26-21-18-5-3-4-15(18)8-9-23-21)6-7-17(13)20-14(2)24-12-25-19(20)11-22/h3-4,6-10,12H,5H2,1-2H3. The first-order chi connectivity index (χ1) is 12.7. The summed E-state index contributed by atoms with van der Waals surface area (Å²) in [5.41, 5.74) is 6.10. The number of hydrogen-bond donors (Lipinski definition) is 0. The third kappa shape index (κ3) is 2.72. The molecule has 0 atom stereocenters. The molecule has 0 unspecified atom stereocenters. The molecule has 0 fully saturated rings. The number of fused-ring (bicyclic) bond motifs is 1. The zero-order valence-corrected chi connectivity index (χ0v) is 14.5. The zero-order chi connectivity index (χ0) is 18.1. The van der Waals surface area contributed by atoms with Crippen LogP contribution in [0.25, 0.3) is 17.2 Å². The third-order valence-electron chi connectivity index (χ3n) is 4.50. The van der Waals surface area contributed by atoms with Crippen LogP contribution in [0.4, 0.5) is 0 Å². The normalized spacial score (nSPS) is 11.9. The summed E-state index contributed by atoms with van der Waals surface area (Å²) in [7, 11) is 0. The van der Waals surface area contributed by atoms with Crippen LogP contribution in [-0.4, -0.2) is 15.0 Å². The van der Waals surface area contributed by atoms with Crippen LogP contribution in [0.1, 0.15) is 28.1 Å².